The van der Waals surface area contributed by atoms with E-state index < -0.39 is 0 Å². The quantitative estimate of drug-likeness (QED) is 0.124. The van der Waals surface area contributed by atoms with Crippen LogP contribution in [-0.2, 0) is 31.7 Å². The number of allylic oxidation sites excluding steroid dienone is 2. The Hall–Kier alpha value is -1.75. The topological polar surface area (TPSA) is 55.0 Å². The van der Waals surface area contributed by atoms with Gasteiger partial charge in [-0.15, -0.1) is 5.69 Å². The second-order valence-electron chi connectivity index (χ2n) is 13.2. The molecule has 0 bridgehead atoms. The van der Waals surface area contributed by atoms with Gasteiger partial charge in [-0.3, -0.25) is 4.99 Å². The van der Waals surface area contributed by atoms with Crippen LogP contribution in [0.2, 0.25) is 0 Å². The molecule has 0 heterocycles. The van der Waals surface area contributed by atoms with Crippen LogP contribution in [0, 0.1) is 71.6 Å². The minimum absolute atomic E-state index is 0. The molecule has 264 valence electrons. The first kappa shape index (κ1) is 51.4. The molecule has 0 N–H and O–H groups in total. The van der Waals surface area contributed by atoms with Crippen molar-refractivity contribution in [2.75, 3.05) is 0 Å². The Labute approximate surface area is 342 Å². The zero-order chi connectivity index (χ0) is 35.5. The summed E-state index contributed by atoms with van der Waals surface area (Å²) in [4.78, 5) is 5.08. The monoisotopic (exact) mass is 772 g/mol. The van der Waals surface area contributed by atoms with Crippen molar-refractivity contribution in [2.24, 2.45) is 4.99 Å². The van der Waals surface area contributed by atoms with Crippen LogP contribution in [0.15, 0.2) is 83.5 Å². The molecular weight excluding hydrogens is 715 g/mol. The predicted molar refractivity (Wildman–Crippen MR) is 221 cm³/mol. The van der Waals surface area contributed by atoms with Gasteiger partial charge in [-0.25, -0.2) is 0 Å². The summed E-state index contributed by atoms with van der Waals surface area (Å²) < 4.78 is 1.24. The third-order valence-electron chi connectivity index (χ3n) is 7.59. The second kappa shape index (κ2) is 28.7. The van der Waals surface area contributed by atoms with Gasteiger partial charge in [0.05, 0.1) is 5.69 Å². The summed E-state index contributed by atoms with van der Waals surface area (Å²) in [6.07, 6.45) is 22.1. The fourth-order valence-electron chi connectivity index (χ4n) is 5.10. The molecule has 2 saturated carbocycles. The number of nitrogens with zero attached hydrogens (tertiary/aromatic N) is 2. The number of hydrogen-bond donors (Lipinski definition) is 0. The summed E-state index contributed by atoms with van der Waals surface area (Å²) in [7, 11) is 0. The minimum Gasteiger partial charge on any atom is -2.00 e. The molecule has 0 amide bonds. The standard InChI is InChI=1S/C29H41N2.C6H5.2C5H5.CH3.Al.O.Zr/c1-18(2)24-13-11-14-25(19(3)4)28(24)30-22(9)17-23(10)31-29-26(20(5)6)15-12-16-27(29)21(7)8;1-2-4-6-5-3-1;2*1-2-4-5-3-1;;;;/h11-21H,1-10H3;1-5H;2*1-5H;1H3;;;/q-1;;;;-1;+2;-2;+4/b22-17-,31-23?;;;;;;;. The van der Waals surface area contributed by atoms with Crippen LogP contribution in [0.4, 0.5) is 11.4 Å². The third kappa shape index (κ3) is 19.8. The third-order valence-corrected chi connectivity index (χ3v) is 7.97. The predicted octanol–water partition coefficient (Wildman–Crippen LogP) is 12.7. The van der Waals surface area contributed by atoms with Crippen LogP contribution in [0.25, 0.3) is 5.32 Å². The molecule has 3 nitrogen and oxygen atoms in total. The van der Waals surface area contributed by atoms with Crippen molar-refractivity contribution in [1.29, 1.82) is 0 Å². The van der Waals surface area contributed by atoms with Crippen LogP contribution in [0.1, 0.15) is 115 Å². The number of para-hydroxylation sites is 2. The number of rotatable bonds is 8. The molecule has 5 heteroatoms. The fraction of sp³-hybridized carbons (Fsp3) is 0.304. The van der Waals surface area contributed by atoms with Crippen molar-refractivity contribution in [3.8, 4) is 0 Å². The van der Waals surface area contributed by atoms with E-state index >= 15 is 0 Å². The maximum Gasteiger partial charge on any atom is 4.00 e. The van der Waals surface area contributed by atoms with Gasteiger partial charge >= 0.3 is 77.3 Å². The minimum atomic E-state index is 0. The van der Waals surface area contributed by atoms with Crippen molar-refractivity contribution in [3.05, 3.63) is 178 Å². The molecule has 0 atom stereocenters. The van der Waals surface area contributed by atoms with Crippen molar-refractivity contribution in [2.45, 2.75) is 92.9 Å². The van der Waals surface area contributed by atoms with E-state index in [1.807, 2.05) is 94.5 Å². The van der Waals surface area contributed by atoms with Gasteiger partial charge in [0.25, 0.3) is 0 Å². The summed E-state index contributed by atoms with van der Waals surface area (Å²) in [5.74, 6) is 1.75. The van der Waals surface area contributed by atoms with Gasteiger partial charge < -0.3 is 18.2 Å². The molecule has 3 aromatic rings. The molecule has 0 saturated heterocycles. The van der Waals surface area contributed by atoms with E-state index in [1.165, 1.54) is 26.7 Å². The molecule has 3 aromatic carbocycles. The van der Waals surface area contributed by atoms with Crippen LogP contribution < -0.4 is 4.43 Å². The van der Waals surface area contributed by atoms with Gasteiger partial charge in [-0.05, 0) is 106 Å². The van der Waals surface area contributed by atoms with E-state index in [4.69, 9.17) is 10.3 Å². The van der Waals surface area contributed by atoms with E-state index in [1.54, 1.807) is 0 Å². The second-order valence-corrected chi connectivity index (χ2v) is 13.8. The average molecular weight is 774 g/mol. The van der Waals surface area contributed by atoms with Crippen molar-refractivity contribution >= 4 is 37.8 Å². The van der Waals surface area contributed by atoms with Gasteiger partial charge in [0.2, 0.25) is 0 Å². The molecule has 10 radical (unpaired) electrons. The van der Waals surface area contributed by atoms with E-state index in [-0.39, 0.29) is 39.1 Å². The first-order chi connectivity index (χ1) is 22.9. The first-order valence-corrected chi connectivity index (χ1v) is 17.8. The van der Waals surface area contributed by atoms with Crippen LogP contribution >= 0.6 is 0 Å². The Morgan fingerprint density at radius 2 is 0.882 bits per heavy atom. The summed E-state index contributed by atoms with van der Waals surface area (Å²) >= 11 is 2.63. The molecule has 0 aromatic heterocycles. The number of benzene rings is 3. The number of aliphatic imine (C=N–C) groups is 1. The Balaban J connectivity index is 0. The SMILES string of the molecule is CC(/C=C(/C)[N-]c1c(C(C)C)cccc1C(C)C)=Nc1c(C(C)C)cccc1C(C)C.[Al+2][c]1ccccc1.[CH3-].[CH]1[CH][CH][CH][CH]1.[CH]1[CH][CH][CH][CH]1.[O-2].[Zr+4]. The summed E-state index contributed by atoms with van der Waals surface area (Å²) in [5.41, 5.74) is 9.45. The van der Waals surface area contributed by atoms with Crippen LogP contribution in [-0.4, -0.2) is 22.0 Å². The van der Waals surface area contributed by atoms with Crippen molar-refractivity contribution in [1.82, 2.24) is 0 Å². The first-order valence-electron chi connectivity index (χ1n) is 17.3. The Morgan fingerprint density at radius 1 is 0.549 bits per heavy atom. The molecule has 0 spiro atoms. The maximum atomic E-state index is 5.08. The van der Waals surface area contributed by atoms with Gasteiger partial charge in [0.1, 0.15) is 0 Å². The molecule has 2 aliphatic carbocycles. The Kier molecular flexibility index (Phi) is 28.9. The zero-order valence-corrected chi connectivity index (χ0v) is 36.5. The van der Waals surface area contributed by atoms with E-state index in [0.29, 0.717) is 23.7 Å². The van der Waals surface area contributed by atoms with Gasteiger partial charge in [-0.2, -0.15) is 5.70 Å². The molecular formula is C46H59AlN2OZr+2. The van der Waals surface area contributed by atoms with Gasteiger partial charge in [0, 0.05) is 5.71 Å². The molecule has 51 heavy (non-hydrogen) atoms. The largest absolute Gasteiger partial charge is 4.00 e. The van der Waals surface area contributed by atoms with E-state index in [0.717, 1.165) is 22.8 Å². The van der Waals surface area contributed by atoms with E-state index in [2.05, 4.69) is 128 Å². The summed E-state index contributed by atoms with van der Waals surface area (Å²) in [6, 6.07) is 23.3. The fourth-order valence-corrected chi connectivity index (χ4v) is 5.32. The zero-order valence-electron chi connectivity index (χ0n) is 32.9. The molecule has 2 aliphatic rings. The Morgan fingerprint density at radius 3 is 1.18 bits per heavy atom. The summed E-state index contributed by atoms with van der Waals surface area (Å²) in [5, 5.41) is 5.08. The average Bonchev–Trinajstić information content (AvgIpc) is 3.82. The van der Waals surface area contributed by atoms with Gasteiger partial charge in [-0.1, -0.05) is 116 Å². The molecule has 2 fully saturated rings. The van der Waals surface area contributed by atoms with Crippen molar-refractivity contribution < 1.29 is 31.7 Å². The maximum absolute atomic E-state index is 5.08. The molecule has 5 rings (SSSR count). The number of hydrogen-bond acceptors (Lipinski definition) is 1. The van der Waals surface area contributed by atoms with Crippen molar-refractivity contribution in [3.63, 3.8) is 0 Å². The van der Waals surface area contributed by atoms with Crippen LogP contribution in [0.3, 0.4) is 0 Å². The normalized spacial score (nSPS) is 13.9. The molecule has 0 unspecified atom stereocenters. The summed E-state index contributed by atoms with van der Waals surface area (Å²) in [6.45, 7) is 22.1. The molecule has 0 aliphatic heterocycles. The smallest absolute Gasteiger partial charge is 2.00 e. The van der Waals surface area contributed by atoms with Gasteiger partial charge in [0.15, 0.2) is 0 Å². The Bertz CT molecular complexity index is 1310. The van der Waals surface area contributed by atoms with E-state index in [9.17, 15) is 0 Å². The van der Waals surface area contributed by atoms with Crippen LogP contribution in [0.5, 0.6) is 0 Å².